The second-order valence-electron chi connectivity index (χ2n) is 6.92. The van der Waals surface area contributed by atoms with E-state index in [1.807, 2.05) is 4.90 Å². The Morgan fingerprint density at radius 1 is 1.29 bits per heavy atom. The van der Waals surface area contributed by atoms with Gasteiger partial charge in [0.25, 0.3) is 0 Å². The van der Waals surface area contributed by atoms with Crippen molar-refractivity contribution in [1.29, 1.82) is 0 Å². The molecule has 0 bridgehead atoms. The molecule has 3 atom stereocenters. The second kappa shape index (κ2) is 5.38. The van der Waals surface area contributed by atoms with E-state index < -0.39 is 0 Å². The van der Waals surface area contributed by atoms with E-state index in [0.29, 0.717) is 18.3 Å². The molecule has 0 spiro atoms. The first-order valence-corrected chi connectivity index (χ1v) is 6.73. The maximum Gasteiger partial charge on any atom is 0.224 e. The largest absolute Gasteiger partial charge is 0.342 e. The number of nitrogens with zero attached hydrogens (tertiary/aromatic N) is 1. The number of hydrogen-bond acceptors (Lipinski definition) is 2. The Balaban J connectivity index is 2.53. The van der Waals surface area contributed by atoms with Gasteiger partial charge in [-0.05, 0) is 23.7 Å². The van der Waals surface area contributed by atoms with Crippen LogP contribution in [0.3, 0.4) is 0 Å². The Morgan fingerprint density at radius 3 is 2.18 bits per heavy atom. The first kappa shape index (κ1) is 14.5. The molecule has 1 aliphatic heterocycles. The van der Waals surface area contributed by atoms with E-state index in [4.69, 9.17) is 5.73 Å². The molecule has 0 aromatic rings. The molecule has 0 saturated carbocycles. The summed E-state index contributed by atoms with van der Waals surface area (Å²) in [6.07, 6.45) is 1.71. The van der Waals surface area contributed by atoms with E-state index in [2.05, 4.69) is 34.6 Å². The minimum atomic E-state index is -0.0532. The van der Waals surface area contributed by atoms with Crippen LogP contribution in [0, 0.1) is 17.3 Å². The van der Waals surface area contributed by atoms with E-state index in [0.717, 1.165) is 13.1 Å². The Morgan fingerprint density at radius 2 is 1.76 bits per heavy atom. The Kier molecular flexibility index (Phi) is 4.59. The van der Waals surface area contributed by atoms with Crippen LogP contribution >= 0.6 is 0 Å². The van der Waals surface area contributed by atoms with Crippen LogP contribution in [0.4, 0.5) is 0 Å². The molecule has 3 unspecified atom stereocenters. The highest BCUT2D eigenvalue weighted by Crippen LogP contribution is 2.24. The van der Waals surface area contributed by atoms with Gasteiger partial charge in [0, 0.05) is 25.6 Å². The van der Waals surface area contributed by atoms with Crippen molar-refractivity contribution in [3.8, 4) is 0 Å². The topological polar surface area (TPSA) is 46.3 Å². The van der Waals surface area contributed by atoms with Crippen molar-refractivity contribution in [3.63, 3.8) is 0 Å². The number of rotatable bonds is 2. The minimum absolute atomic E-state index is 0.00266. The molecule has 1 aliphatic rings. The molecule has 1 saturated heterocycles. The highest BCUT2D eigenvalue weighted by molar-refractivity contribution is 5.77. The van der Waals surface area contributed by atoms with Gasteiger partial charge in [-0.2, -0.15) is 0 Å². The molecule has 0 aromatic heterocycles. The summed E-state index contributed by atoms with van der Waals surface area (Å²) in [5, 5.41) is 0. The summed E-state index contributed by atoms with van der Waals surface area (Å²) in [5.41, 5.74) is 6.08. The van der Waals surface area contributed by atoms with E-state index in [9.17, 15) is 4.79 Å². The number of amides is 1. The summed E-state index contributed by atoms with van der Waals surface area (Å²) in [6.45, 7) is 12.5. The Bertz CT molecular complexity index is 260. The van der Waals surface area contributed by atoms with E-state index in [-0.39, 0.29) is 17.4 Å². The molecule has 0 aromatic carbocycles. The molecule has 1 heterocycles. The van der Waals surface area contributed by atoms with Crippen LogP contribution in [0.2, 0.25) is 0 Å². The fourth-order valence-corrected chi connectivity index (χ4v) is 2.49. The van der Waals surface area contributed by atoms with Crippen molar-refractivity contribution in [2.75, 3.05) is 13.1 Å². The number of carbonyl (C=O) groups is 1. The third-order valence-electron chi connectivity index (χ3n) is 3.73. The lowest BCUT2D eigenvalue weighted by atomic mass is 9.84. The van der Waals surface area contributed by atoms with E-state index in [1.54, 1.807) is 0 Å². The van der Waals surface area contributed by atoms with E-state index >= 15 is 0 Å². The number of carbonyl (C=O) groups excluding carboxylic acids is 1. The minimum Gasteiger partial charge on any atom is -0.342 e. The van der Waals surface area contributed by atoms with Gasteiger partial charge < -0.3 is 10.6 Å². The van der Waals surface area contributed by atoms with Crippen LogP contribution in [0.5, 0.6) is 0 Å². The lowest BCUT2D eigenvalue weighted by Crippen LogP contribution is -2.46. The molecular weight excluding hydrogens is 212 g/mol. The van der Waals surface area contributed by atoms with Crippen LogP contribution in [0.1, 0.15) is 47.5 Å². The molecule has 3 heteroatoms. The van der Waals surface area contributed by atoms with Crippen molar-refractivity contribution in [2.45, 2.75) is 53.5 Å². The molecule has 0 radical (unpaired) electrons. The third-order valence-corrected chi connectivity index (χ3v) is 3.73. The number of hydrogen-bond donors (Lipinski definition) is 1. The molecule has 100 valence electrons. The average molecular weight is 240 g/mol. The quantitative estimate of drug-likeness (QED) is 0.804. The lowest BCUT2D eigenvalue weighted by Gasteiger charge is -2.36. The Hall–Kier alpha value is -0.570. The molecule has 0 aliphatic carbocycles. The van der Waals surface area contributed by atoms with Gasteiger partial charge in [-0.3, -0.25) is 4.79 Å². The highest BCUT2D eigenvalue weighted by atomic mass is 16.2. The van der Waals surface area contributed by atoms with Crippen LogP contribution in [0.25, 0.3) is 0 Å². The monoisotopic (exact) mass is 240 g/mol. The zero-order valence-corrected chi connectivity index (χ0v) is 12.0. The summed E-state index contributed by atoms with van der Waals surface area (Å²) in [4.78, 5) is 14.2. The number of likely N-dealkylation sites (tertiary alicyclic amines) is 1. The average Bonchev–Trinajstić information content (AvgIpc) is 2.14. The maximum atomic E-state index is 12.2. The molecule has 2 N–H and O–H groups in total. The van der Waals surface area contributed by atoms with Crippen LogP contribution in [0.15, 0.2) is 0 Å². The summed E-state index contributed by atoms with van der Waals surface area (Å²) in [5.74, 6) is 1.47. The molecule has 3 nitrogen and oxygen atoms in total. The van der Waals surface area contributed by atoms with Gasteiger partial charge in [-0.15, -0.1) is 0 Å². The first-order valence-electron chi connectivity index (χ1n) is 6.73. The van der Waals surface area contributed by atoms with Gasteiger partial charge in [0.1, 0.15) is 0 Å². The van der Waals surface area contributed by atoms with Gasteiger partial charge in [0.15, 0.2) is 0 Å². The van der Waals surface area contributed by atoms with Crippen LogP contribution in [-0.2, 0) is 4.79 Å². The van der Waals surface area contributed by atoms with Crippen LogP contribution < -0.4 is 5.73 Å². The second-order valence-corrected chi connectivity index (χ2v) is 6.92. The van der Waals surface area contributed by atoms with Gasteiger partial charge in [0.05, 0.1) is 0 Å². The van der Waals surface area contributed by atoms with Crippen molar-refractivity contribution < 1.29 is 4.79 Å². The van der Waals surface area contributed by atoms with Gasteiger partial charge in [0.2, 0.25) is 5.91 Å². The molecule has 17 heavy (non-hydrogen) atoms. The third kappa shape index (κ3) is 4.30. The zero-order chi connectivity index (χ0) is 13.2. The van der Waals surface area contributed by atoms with Crippen molar-refractivity contribution >= 4 is 5.91 Å². The summed E-state index contributed by atoms with van der Waals surface area (Å²) >= 11 is 0. The molecule has 1 amide bonds. The first-order chi connectivity index (χ1) is 7.70. The highest BCUT2D eigenvalue weighted by Gasteiger charge is 2.29. The SMILES string of the molecule is CC1CC(C)CN(C(=O)CC(N)C(C)(C)C)C1. The molecular formula is C14H28N2O. The zero-order valence-electron chi connectivity index (χ0n) is 12.0. The normalized spacial score (nSPS) is 28.0. The fraction of sp³-hybridized carbons (Fsp3) is 0.929. The van der Waals surface area contributed by atoms with Crippen molar-refractivity contribution in [1.82, 2.24) is 4.90 Å². The van der Waals surface area contributed by atoms with Gasteiger partial charge in [-0.1, -0.05) is 34.6 Å². The fourth-order valence-electron chi connectivity index (χ4n) is 2.49. The summed E-state index contributed by atoms with van der Waals surface area (Å²) in [7, 11) is 0. The predicted octanol–water partition coefficient (Wildman–Crippen LogP) is 2.25. The maximum absolute atomic E-state index is 12.2. The number of nitrogens with two attached hydrogens (primary N) is 1. The summed E-state index contributed by atoms with van der Waals surface area (Å²) in [6, 6.07) is -0.0532. The van der Waals surface area contributed by atoms with E-state index in [1.165, 1.54) is 6.42 Å². The van der Waals surface area contributed by atoms with Crippen molar-refractivity contribution in [2.24, 2.45) is 23.0 Å². The van der Waals surface area contributed by atoms with Gasteiger partial charge in [-0.25, -0.2) is 0 Å². The Labute approximate surface area is 106 Å². The smallest absolute Gasteiger partial charge is 0.224 e. The molecule has 1 rings (SSSR count). The van der Waals surface area contributed by atoms with Crippen molar-refractivity contribution in [3.05, 3.63) is 0 Å². The van der Waals surface area contributed by atoms with Crippen LogP contribution in [-0.4, -0.2) is 29.9 Å². The molecule has 1 fully saturated rings. The standard InChI is InChI=1S/C14H28N2O/c1-10-6-11(2)9-16(8-10)13(17)7-12(15)14(3,4)5/h10-12H,6-9,15H2,1-5H3. The number of piperidine rings is 1. The van der Waals surface area contributed by atoms with Gasteiger partial charge >= 0.3 is 0 Å². The lowest BCUT2D eigenvalue weighted by molar-refractivity contribution is -0.134. The summed E-state index contributed by atoms with van der Waals surface area (Å²) < 4.78 is 0. The predicted molar refractivity (Wildman–Crippen MR) is 71.6 cm³/mol.